The van der Waals surface area contributed by atoms with E-state index in [4.69, 9.17) is 36.8 Å². The van der Waals surface area contributed by atoms with Gasteiger partial charge in [-0.3, -0.25) is 32.7 Å². The van der Waals surface area contributed by atoms with Crippen LogP contribution >= 0.6 is 23.5 Å². The quantitative estimate of drug-likeness (QED) is 0.0122. The predicted octanol–water partition coefficient (Wildman–Crippen LogP) is 12.0. The molecule has 3 aromatic rings. The average molecular weight is 1060 g/mol. The number of hydrogen-bond donors (Lipinski definition) is 3. The maximum absolute atomic E-state index is 14.0. The zero-order valence-electron chi connectivity index (χ0n) is 41.0. The highest BCUT2D eigenvalue weighted by Crippen LogP contribution is 2.69. The number of carbonyl (C=O) groups is 2. The Hall–Kier alpha value is -4.03. The Morgan fingerprint density at radius 1 is 0.648 bits per heavy atom. The predicted molar refractivity (Wildman–Crippen MR) is 264 cm³/mol. The Bertz CT molecular complexity index is 2370. The Morgan fingerprint density at radius 2 is 1.15 bits per heavy atom. The summed E-state index contributed by atoms with van der Waals surface area (Å²) in [5.74, 6) is -0.0780. The third kappa shape index (κ3) is 24.0. The standard InChI is InChI=1S/C48H71N2O18P3/c1-4-6-8-9-10-11-12-13-14-15-16-17-18-19-20-21-33-60-48(54)66-42-29-25-40(26-30-42)36-63-71(59,62-35-39-23-27-41(28-24-39)65-45(51)22-7-5-2)68-70(57,58)67-69(55,56)61-37-43-31-32-44(64-43)50-34-38(3)46(52)49-47(50)53/h23-32,34,43-44H,4-22,33,35-37H2,1-3H3,(H,55,56)(H,57,58)(H,49,52,53)/t43-,44+,71?/m0/s1. The molecule has 0 spiro atoms. The highest BCUT2D eigenvalue weighted by molar-refractivity contribution is 7.67. The monoisotopic (exact) mass is 1060 g/mol. The number of phosphoric acid groups is 3. The summed E-state index contributed by atoms with van der Waals surface area (Å²) >= 11 is 0. The van der Waals surface area contributed by atoms with Crippen LogP contribution in [-0.2, 0) is 63.4 Å². The molecule has 0 fully saturated rings. The molecule has 1 aliphatic heterocycles. The van der Waals surface area contributed by atoms with Crippen LogP contribution in [0.15, 0.2) is 76.5 Å². The average Bonchev–Trinajstić information content (AvgIpc) is 3.80. The van der Waals surface area contributed by atoms with Gasteiger partial charge in [-0.25, -0.2) is 23.3 Å². The molecule has 396 valence electrons. The number of esters is 1. The molecular weight excluding hydrogens is 985 g/mol. The summed E-state index contributed by atoms with van der Waals surface area (Å²) in [7, 11) is -16.5. The third-order valence-corrected chi connectivity index (χ3v) is 15.7. The van der Waals surface area contributed by atoms with Crippen molar-refractivity contribution in [3.63, 3.8) is 0 Å². The van der Waals surface area contributed by atoms with Crippen LogP contribution in [0.5, 0.6) is 11.5 Å². The van der Waals surface area contributed by atoms with E-state index in [-0.39, 0.29) is 30.1 Å². The van der Waals surface area contributed by atoms with Crippen molar-refractivity contribution < 1.29 is 74.2 Å². The van der Waals surface area contributed by atoms with Crippen molar-refractivity contribution in [2.45, 2.75) is 168 Å². The minimum Gasteiger partial charge on any atom is -0.434 e. The van der Waals surface area contributed by atoms with Crippen molar-refractivity contribution in [1.29, 1.82) is 0 Å². The summed E-state index contributed by atoms with van der Waals surface area (Å²) in [5.41, 5.74) is -0.532. The first kappa shape index (κ1) is 59.5. The van der Waals surface area contributed by atoms with Crippen molar-refractivity contribution in [2.75, 3.05) is 13.2 Å². The van der Waals surface area contributed by atoms with E-state index in [0.29, 0.717) is 24.0 Å². The van der Waals surface area contributed by atoms with Crippen LogP contribution < -0.4 is 20.7 Å². The molecule has 23 heteroatoms. The molecule has 3 N–H and O–H groups in total. The van der Waals surface area contributed by atoms with Crippen molar-refractivity contribution >= 4 is 35.6 Å². The van der Waals surface area contributed by atoms with Gasteiger partial charge in [-0.2, -0.15) is 8.62 Å². The lowest BCUT2D eigenvalue weighted by Crippen LogP contribution is -2.33. The minimum absolute atomic E-state index is 0.127. The molecule has 0 bridgehead atoms. The van der Waals surface area contributed by atoms with Crippen molar-refractivity contribution in [3.05, 3.63) is 104 Å². The number of aromatic nitrogens is 2. The molecule has 1 aromatic heterocycles. The highest BCUT2D eigenvalue weighted by Gasteiger charge is 2.44. The second-order valence-electron chi connectivity index (χ2n) is 17.2. The van der Waals surface area contributed by atoms with Gasteiger partial charge in [0.2, 0.25) is 0 Å². The first-order valence-corrected chi connectivity index (χ1v) is 28.9. The van der Waals surface area contributed by atoms with Gasteiger partial charge in [-0.05, 0) is 61.2 Å². The summed E-state index contributed by atoms with van der Waals surface area (Å²) in [5, 5.41) is 0. The van der Waals surface area contributed by atoms with Crippen LogP contribution in [0.2, 0.25) is 0 Å². The number of H-pyrrole nitrogens is 1. The van der Waals surface area contributed by atoms with E-state index in [1.54, 1.807) is 0 Å². The summed E-state index contributed by atoms with van der Waals surface area (Å²) < 4.78 is 87.3. The lowest BCUT2D eigenvalue weighted by Gasteiger charge is -2.22. The van der Waals surface area contributed by atoms with E-state index in [2.05, 4.69) is 16.2 Å². The number of unbranched alkanes of at least 4 members (excludes halogenated alkanes) is 16. The molecule has 0 saturated heterocycles. The smallest absolute Gasteiger partial charge is 0.434 e. The lowest BCUT2D eigenvalue weighted by molar-refractivity contribution is -0.134. The molecule has 0 saturated carbocycles. The zero-order chi connectivity index (χ0) is 51.5. The minimum atomic E-state index is -5.82. The number of aromatic amines is 1. The molecule has 20 nitrogen and oxygen atoms in total. The van der Waals surface area contributed by atoms with E-state index in [1.165, 1.54) is 151 Å². The first-order valence-electron chi connectivity index (χ1n) is 24.5. The van der Waals surface area contributed by atoms with Crippen LogP contribution in [0.4, 0.5) is 4.79 Å². The van der Waals surface area contributed by atoms with Crippen LogP contribution in [0.1, 0.15) is 159 Å². The number of hydrogen-bond acceptors (Lipinski definition) is 16. The number of benzene rings is 2. The number of nitrogens with one attached hydrogen (secondary N) is 1. The molecule has 4 rings (SSSR count). The molecule has 5 atom stereocenters. The number of ether oxygens (including phenoxy) is 4. The van der Waals surface area contributed by atoms with Gasteiger partial charge in [-0.15, -0.1) is 0 Å². The number of phosphoric ester groups is 2. The molecular formula is C48H71N2O18P3. The van der Waals surface area contributed by atoms with Crippen molar-refractivity contribution in [3.8, 4) is 11.5 Å². The Labute approximate surface area is 415 Å². The fourth-order valence-corrected chi connectivity index (χ4v) is 11.1. The number of aryl methyl sites for hydroxylation is 1. The molecule has 3 unspecified atom stereocenters. The molecule has 2 heterocycles. The van der Waals surface area contributed by atoms with E-state index in [0.717, 1.165) is 30.3 Å². The van der Waals surface area contributed by atoms with Gasteiger partial charge in [0, 0.05) is 18.2 Å². The largest absolute Gasteiger partial charge is 0.513 e. The first-order chi connectivity index (χ1) is 34.0. The van der Waals surface area contributed by atoms with Crippen LogP contribution in [0.3, 0.4) is 0 Å². The van der Waals surface area contributed by atoms with Gasteiger partial charge < -0.3 is 28.7 Å². The molecule has 2 aromatic carbocycles. The van der Waals surface area contributed by atoms with Crippen LogP contribution in [-0.4, -0.2) is 50.8 Å². The summed E-state index contributed by atoms with van der Waals surface area (Å²) in [6.07, 6.45) is 22.4. The summed E-state index contributed by atoms with van der Waals surface area (Å²) in [6.45, 7) is 3.99. The fourth-order valence-electron chi connectivity index (χ4n) is 7.11. The second-order valence-corrected chi connectivity index (χ2v) is 22.0. The zero-order valence-corrected chi connectivity index (χ0v) is 43.7. The normalized spacial score (nSPS) is 17.0. The molecule has 71 heavy (non-hydrogen) atoms. The second kappa shape index (κ2) is 31.5. The molecule has 1 aliphatic rings. The maximum atomic E-state index is 14.0. The number of carbonyl (C=O) groups excluding carboxylic acids is 2. The van der Waals surface area contributed by atoms with Crippen molar-refractivity contribution in [1.82, 2.24) is 9.55 Å². The van der Waals surface area contributed by atoms with E-state index in [9.17, 15) is 42.7 Å². The van der Waals surface area contributed by atoms with Crippen molar-refractivity contribution in [2.24, 2.45) is 0 Å². The van der Waals surface area contributed by atoms with Crippen LogP contribution in [0.25, 0.3) is 0 Å². The fraction of sp³-hybridized carbons (Fsp3) is 0.583. The molecule has 0 amide bonds. The molecule has 0 aliphatic carbocycles. The Kier molecular flexibility index (Phi) is 26.4. The van der Waals surface area contributed by atoms with E-state index < -0.39 is 79.0 Å². The third-order valence-electron chi connectivity index (χ3n) is 11.0. The Morgan fingerprint density at radius 3 is 1.69 bits per heavy atom. The Balaban J connectivity index is 1.24. The van der Waals surface area contributed by atoms with Gasteiger partial charge in [-0.1, -0.05) is 147 Å². The van der Waals surface area contributed by atoms with Gasteiger partial charge in [0.05, 0.1) is 26.4 Å². The topological polar surface area (TPSA) is 264 Å². The SMILES string of the molecule is CCCCCCCCCCCCCCCCCCOC(=O)Oc1ccc(COP(=O)(OCc2ccc(OC(=O)CCCC)cc2)OP(=O)(O)OP(=O)(O)OC[C@@H]2C=C[C@H](n3cc(C)c(=O)[nH]c3=O)O2)cc1. The maximum Gasteiger partial charge on any atom is 0.513 e. The lowest BCUT2D eigenvalue weighted by atomic mass is 10.0. The number of rotatable bonds is 36. The summed E-state index contributed by atoms with van der Waals surface area (Å²) in [6, 6.07) is 11.5. The highest BCUT2D eigenvalue weighted by atomic mass is 31.3. The molecule has 0 radical (unpaired) electrons. The van der Waals surface area contributed by atoms with Gasteiger partial charge in [0.25, 0.3) is 5.56 Å². The summed E-state index contributed by atoms with van der Waals surface area (Å²) in [4.78, 5) is 71.5. The van der Waals surface area contributed by atoms with Gasteiger partial charge in [0.15, 0.2) is 6.23 Å². The van der Waals surface area contributed by atoms with E-state index >= 15 is 0 Å². The van der Waals surface area contributed by atoms with Gasteiger partial charge in [0.1, 0.15) is 17.6 Å². The van der Waals surface area contributed by atoms with Crippen LogP contribution in [0, 0.1) is 6.92 Å². The number of nitrogens with zero attached hydrogens (tertiary/aromatic N) is 1. The van der Waals surface area contributed by atoms with Gasteiger partial charge >= 0.3 is 41.3 Å². The van der Waals surface area contributed by atoms with E-state index in [1.807, 2.05) is 6.92 Å².